The number of hydrogen-bond donors (Lipinski definition) is 1. The number of rotatable bonds is 2. The van der Waals surface area contributed by atoms with E-state index in [2.05, 4.69) is 4.90 Å². The van der Waals surface area contributed by atoms with Crippen molar-refractivity contribution < 1.29 is 18.7 Å². The number of benzene rings is 1. The van der Waals surface area contributed by atoms with E-state index in [-0.39, 0.29) is 17.1 Å². The minimum absolute atomic E-state index is 0.0549. The van der Waals surface area contributed by atoms with Crippen LogP contribution in [0, 0.1) is 13.8 Å². The van der Waals surface area contributed by atoms with Crippen LogP contribution in [0.1, 0.15) is 11.1 Å². The molecule has 25 heavy (non-hydrogen) atoms. The van der Waals surface area contributed by atoms with Gasteiger partial charge in [0.15, 0.2) is 11.5 Å². The van der Waals surface area contributed by atoms with Crippen LogP contribution in [-0.4, -0.2) is 31.4 Å². The van der Waals surface area contributed by atoms with E-state index < -0.39 is 5.63 Å². The normalized spacial score (nSPS) is 15.0. The summed E-state index contributed by atoms with van der Waals surface area (Å²) in [6, 6.07) is 7.82. The van der Waals surface area contributed by atoms with Crippen LogP contribution in [0.5, 0.6) is 5.75 Å². The van der Waals surface area contributed by atoms with Gasteiger partial charge in [0, 0.05) is 35.8 Å². The third-order valence-electron chi connectivity index (χ3n) is 4.66. The summed E-state index contributed by atoms with van der Waals surface area (Å²) >= 11 is 0. The van der Waals surface area contributed by atoms with Crippen molar-refractivity contribution in [1.82, 2.24) is 0 Å². The number of fused-ring (bicyclic) bond motifs is 1. The van der Waals surface area contributed by atoms with E-state index in [1.165, 1.54) is 6.92 Å². The minimum atomic E-state index is -0.562. The largest absolute Gasteiger partial charge is 0.507 e. The second-order valence-electron chi connectivity index (χ2n) is 6.25. The van der Waals surface area contributed by atoms with Crippen LogP contribution in [0.4, 0.5) is 5.69 Å². The molecule has 130 valence electrons. The third kappa shape index (κ3) is 2.68. The summed E-state index contributed by atoms with van der Waals surface area (Å²) in [5, 5.41) is 11.0. The molecule has 1 fully saturated rings. The average Bonchev–Trinajstić information content (AvgIpc) is 3.06. The Balaban J connectivity index is 1.78. The van der Waals surface area contributed by atoms with Gasteiger partial charge in [0.05, 0.1) is 18.8 Å². The molecule has 0 spiro atoms. The molecule has 1 aromatic carbocycles. The first kappa shape index (κ1) is 15.8. The molecule has 0 unspecified atom stereocenters. The van der Waals surface area contributed by atoms with Gasteiger partial charge in [0.1, 0.15) is 11.3 Å². The molecule has 1 saturated heterocycles. The van der Waals surface area contributed by atoms with E-state index in [0.717, 1.165) is 24.2 Å². The first-order valence-corrected chi connectivity index (χ1v) is 8.24. The molecule has 1 aliphatic rings. The molecule has 0 saturated carbocycles. The summed E-state index contributed by atoms with van der Waals surface area (Å²) < 4.78 is 16.6. The molecule has 0 amide bonds. The first-order valence-electron chi connectivity index (χ1n) is 8.24. The van der Waals surface area contributed by atoms with Crippen molar-refractivity contribution in [3.8, 4) is 17.3 Å². The van der Waals surface area contributed by atoms with E-state index in [9.17, 15) is 9.90 Å². The smallest absolute Gasteiger partial charge is 0.343 e. The monoisotopic (exact) mass is 341 g/mol. The molecule has 0 radical (unpaired) electrons. The highest BCUT2D eigenvalue weighted by Crippen LogP contribution is 2.34. The van der Waals surface area contributed by atoms with Gasteiger partial charge in [0.2, 0.25) is 0 Å². The average molecular weight is 341 g/mol. The van der Waals surface area contributed by atoms with Gasteiger partial charge in [-0.05, 0) is 32.0 Å². The number of ether oxygens (including phenoxy) is 1. The predicted molar refractivity (Wildman–Crippen MR) is 94.4 cm³/mol. The molecular weight excluding hydrogens is 322 g/mol. The van der Waals surface area contributed by atoms with Gasteiger partial charge in [-0.1, -0.05) is 0 Å². The van der Waals surface area contributed by atoms with E-state index >= 15 is 0 Å². The van der Waals surface area contributed by atoms with Gasteiger partial charge in [-0.2, -0.15) is 0 Å². The molecule has 6 nitrogen and oxygen atoms in total. The minimum Gasteiger partial charge on any atom is -0.507 e. The van der Waals surface area contributed by atoms with Gasteiger partial charge in [-0.25, -0.2) is 4.79 Å². The van der Waals surface area contributed by atoms with Gasteiger partial charge in [0.25, 0.3) is 0 Å². The molecule has 4 rings (SSSR count). The fourth-order valence-corrected chi connectivity index (χ4v) is 3.12. The molecule has 6 heteroatoms. The lowest BCUT2D eigenvalue weighted by Gasteiger charge is -2.28. The van der Waals surface area contributed by atoms with E-state index in [1.807, 2.05) is 24.3 Å². The van der Waals surface area contributed by atoms with E-state index in [4.69, 9.17) is 13.6 Å². The molecule has 0 bridgehead atoms. The number of hydrogen-bond acceptors (Lipinski definition) is 6. The number of anilines is 1. The van der Waals surface area contributed by atoms with Crippen LogP contribution in [0.25, 0.3) is 22.5 Å². The highest BCUT2D eigenvalue weighted by atomic mass is 16.5. The van der Waals surface area contributed by atoms with Crippen molar-refractivity contribution in [2.45, 2.75) is 13.8 Å². The second kappa shape index (κ2) is 5.97. The third-order valence-corrected chi connectivity index (χ3v) is 4.66. The maximum absolute atomic E-state index is 11.9. The Bertz CT molecular complexity index is 995. The summed E-state index contributed by atoms with van der Waals surface area (Å²) in [4.78, 5) is 14.1. The maximum Gasteiger partial charge on any atom is 0.343 e. The maximum atomic E-state index is 11.9. The molecule has 0 atom stereocenters. The van der Waals surface area contributed by atoms with Crippen molar-refractivity contribution in [3.05, 3.63) is 45.8 Å². The Morgan fingerprint density at radius 1 is 1.04 bits per heavy atom. The van der Waals surface area contributed by atoms with Crippen LogP contribution in [-0.2, 0) is 4.74 Å². The fourth-order valence-electron chi connectivity index (χ4n) is 3.12. The van der Waals surface area contributed by atoms with Crippen LogP contribution >= 0.6 is 0 Å². The lowest BCUT2D eigenvalue weighted by Crippen LogP contribution is -2.36. The van der Waals surface area contributed by atoms with E-state index in [0.29, 0.717) is 30.1 Å². The standard InChI is InChI=1S/C19H19NO5/c1-11-17(21)12(2)19(22)25-18(11)16-9-13-3-4-14(10-15(13)24-16)20-5-7-23-8-6-20/h3-4,9-10,21H,5-8H2,1-2H3. The highest BCUT2D eigenvalue weighted by molar-refractivity contribution is 5.85. The van der Waals surface area contributed by atoms with Gasteiger partial charge >= 0.3 is 5.63 Å². The fraction of sp³-hybridized carbons (Fsp3) is 0.316. The molecule has 3 aromatic rings. The van der Waals surface area contributed by atoms with Crippen molar-refractivity contribution >= 4 is 16.7 Å². The molecule has 1 N–H and O–H groups in total. The van der Waals surface area contributed by atoms with Crippen molar-refractivity contribution in [2.24, 2.45) is 0 Å². The number of furan rings is 1. The predicted octanol–water partition coefficient (Wildman–Crippen LogP) is 3.21. The second-order valence-corrected chi connectivity index (χ2v) is 6.25. The Kier molecular flexibility index (Phi) is 3.77. The molecule has 2 aromatic heterocycles. The zero-order valence-corrected chi connectivity index (χ0v) is 14.2. The SMILES string of the molecule is Cc1c(-c2cc3ccc(N4CCOCC4)cc3o2)oc(=O)c(C)c1O. The number of morpholine rings is 1. The van der Waals surface area contributed by atoms with Crippen molar-refractivity contribution in [1.29, 1.82) is 0 Å². The molecule has 3 heterocycles. The molecule has 1 aliphatic heterocycles. The van der Waals surface area contributed by atoms with Crippen LogP contribution in [0.15, 0.2) is 37.9 Å². The van der Waals surface area contributed by atoms with Crippen molar-refractivity contribution in [3.63, 3.8) is 0 Å². The summed E-state index contributed by atoms with van der Waals surface area (Å²) in [6.07, 6.45) is 0. The highest BCUT2D eigenvalue weighted by Gasteiger charge is 2.19. The van der Waals surface area contributed by atoms with E-state index in [1.54, 1.807) is 6.92 Å². The molecule has 0 aliphatic carbocycles. The first-order chi connectivity index (χ1) is 12.0. The Morgan fingerprint density at radius 3 is 2.56 bits per heavy atom. The van der Waals surface area contributed by atoms with Crippen LogP contribution < -0.4 is 10.5 Å². The summed E-state index contributed by atoms with van der Waals surface area (Å²) in [5.41, 5.74) is 1.91. The van der Waals surface area contributed by atoms with Crippen molar-refractivity contribution in [2.75, 3.05) is 31.2 Å². The van der Waals surface area contributed by atoms with Gasteiger partial charge < -0.3 is 23.6 Å². The summed E-state index contributed by atoms with van der Waals surface area (Å²) in [7, 11) is 0. The topological polar surface area (TPSA) is 76.0 Å². The van der Waals surface area contributed by atoms with Crippen LogP contribution in [0.2, 0.25) is 0 Å². The van der Waals surface area contributed by atoms with Gasteiger partial charge in [-0.15, -0.1) is 0 Å². The Morgan fingerprint density at radius 2 is 1.80 bits per heavy atom. The zero-order chi connectivity index (χ0) is 17.6. The summed E-state index contributed by atoms with van der Waals surface area (Å²) in [6.45, 7) is 6.36. The Hall–Kier alpha value is -2.73. The number of nitrogens with zero attached hydrogens (tertiary/aromatic N) is 1. The number of aromatic hydroxyl groups is 1. The van der Waals surface area contributed by atoms with Gasteiger partial charge in [-0.3, -0.25) is 0 Å². The lowest BCUT2D eigenvalue weighted by atomic mass is 10.1. The Labute approximate surface area is 144 Å². The van der Waals surface area contributed by atoms with Crippen LogP contribution in [0.3, 0.4) is 0 Å². The lowest BCUT2D eigenvalue weighted by molar-refractivity contribution is 0.122. The zero-order valence-electron chi connectivity index (χ0n) is 14.2. The molecular formula is C19H19NO5. The quantitative estimate of drug-likeness (QED) is 0.771. The summed E-state index contributed by atoms with van der Waals surface area (Å²) in [5.74, 6) is 0.636.